The fourth-order valence-electron chi connectivity index (χ4n) is 2.88. The maximum Gasteiger partial charge on any atom is 0.250 e. The van der Waals surface area contributed by atoms with Crippen molar-refractivity contribution in [1.82, 2.24) is 9.97 Å². The van der Waals surface area contributed by atoms with Crippen molar-refractivity contribution in [3.8, 4) is 11.3 Å². The number of rotatable bonds is 6. The number of anilines is 3. The largest absolute Gasteiger partial charge is 0.298 e. The van der Waals surface area contributed by atoms with E-state index in [1.165, 1.54) is 58.8 Å². The molecule has 0 radical (unpaired) electrons. The van der Waals surface area contributed by atoms with Crippen molar-refractivity contribution < 1.29 is 14.0 Å². The molecule has 4 aromatic rings. The molecular weight excluding hydrogens is 447 g/mol. The molecule has 0 saturated heterocycles. The van der Waals surface area contributed by atoms with Crippen LogP contribution in [-0.4, -0.2) is 21.8 Å². The summed E-state index contributed by atoms with van der Waals surface area (Å²) in [4.78, 5) is 34.4. The third-order valence-corrected chi connectivity index (χ3v) is 5.92. The monoisotopic (exact) mass is 464 g/mol. The molecule has 32 heavy (non-hydrogen) atoms. The highest BCUT2D eigenvalue weighted by atomic mass is 32.1. The van der Waals surface area contributed by atoms with E-state index >= 15 is 0 Å². The van der Waals surface area contributed by atoms with Gasteiger partial charge in [-0.25, -0.2) is 14.4 Å². The van der Waals surface area contributed by atoms with Gasteiger partial charge < -0.3 is 0 Å². The van der Waals surface area contributed by atoms with Crippen LogP contribution in [0, 0.1) is 5.82 Å². The molecule has 6 nitrogen and oxygen atoms in total. The van der Waals surface area contributed by atoms with E-state index in [0.717, 1.165) is 11.3 Å². The summed E-state index contributed by atoms with van der Waals surface area (Å²) in [7, 11) is 0. The van der Waals surface area contributed by atoms with E-state index in [-0.39, 0.29) is 17.5 Å². The predicted molar refractivity (Wildman–Crippen MR) is 127 cm³/mol. The average molecular weight is 465 g/mol. The normalized spacial score (nSPS) is 10.9. The number of para-hydroxylation sites is 1. The van der Waals surface area contributed by atoms with E-state index in [0.29, 0.717) is 16.0 Å². The lowest BCUT2D eigenvalue weighted by atomic mass is 10.2. The first kappa shape index (κ1) is 21.5. The number of hydrogen-bond donors (Lipinski definition) is 1. The summed E-state index contributed by atoms with van der Waals surface area (Å²) in [6.45, 7) is 1.34. The van der Waals surface area contributed by atoms with E-state index in [4.69, 9.17) is 0 Å². The number of halogens is 1. The molecule has 2 aromatic heterocycles. The fourth-order valence-corrected chi connectivity index (χ4v) is 4.45. The quantitative estimate of drug-likeness (QED) is 0.369. The van der Waals surface area contributed by atoms with Gasteiger partial charge in [-0.3, -0.25) is 19.8 Å². The molecule has 0 aliphatic heterocycles. The predicted octanol–water partition coefficient (Wildman–Crippen LogP) is 5.74. The van der Waals surface area contributed by atoms with Crippen molar-refractivity contribution in [3.05, 3.63) is 82.9 Å². The Morgan fingerprint density at radius 1 is 1.00 bits per heavy atom. The fraction of sp³-hybridized carbons (Fsp3) is 0.0435. The first-order valence-electron chi connectivity index (χ1n) is 9.52. The highest BCUT2D eigenvalue weighted by Crippen LogP contribution is 2.31. The summed E-state index contributed by atoms with van der Waals surface area (Å²) in [5.41, 5.74) is 2.36. The van der Waals surface area contributed by atoms with Crippen molar-refractivity contribution in [2.75, 3.05) is 10.2 Å². The molecule has 9 heteroatoms. The van der Waals surface area contributed by atoms with Crippen LogP contribution >= 0.6 is 22.7 Å². The molecule has 0 aliphatic rings. The number of hydrogen-bond acceptors (Lipinski definition) is 6. The zero-order chi connectivity index (χ0) is 22.5. The van der Waals surface area contributed by atoms with Crippen LogP contribution in [0.5, 0.6) is 0 Å². The SMILES string of the molecule is CC(=O)N(c1nc(/C=C/C(=O)Nc2nc(-c3ccccc3)cs2)cs1)c1ccccc1F. The number of benzene rings is 2. The summed E-state index contributed by atoms with van der Waals surface area (Å²) in [5.74, 6) is -1.24. The minimum Gasteiger partial charge on any atom is -0.298 e. The number of carbonyl (C=O) groups is 2. The molecule has 160 valence electrons. The molecule has 0 unspecified atom stereocenters. The molecule has 4 rings (SSSR count). The Morgan fingerprint density at radius 2 is 1.75 bits per heavy atom. The molecule has 2 aromatic carbocycles. The number of thiazole rings is 2. The minimum absolute atomic E-state index is 0.126. The Bertz CT molecular complexity index is 1280. The van der Waals surface area contributed by atoms with Crippen molar-refractivity contribution in [1.29, 1.82) is 0 Å². The molecule has 0 saturated carbocycles. The van der Waals surface area contributed by atoms with Gasteiger partial charge in [0, 0.05) is 29.3 Å². The second-order valence-corrected chi connectivity index (χ2v) is 8.28. The van der Waals surface area contributed by atoms with Gasteiger partial charge in [-0.05, 0) is 18.2 Å². The van der Waals surface area contributed by atoms with E-state index in [1.807, 2.05) is 35.7 Å². The van der Waals surface area contributed by atoms with Gasteiger partial charge in [0.1, 0.15) is 5.82 Å². The lowest BCUT2D eigenvalue weighted by Crippen LogP contribution is -2.23. The number of amides is 2. The van der Waals surface area contributed by atoms with Crippen molar-refractivity contribution in [2.24, 2.45) is 0 Å². The van der Waals surface area contributed by atoms with Gasteiger partial charge >= 0.3 is 0 Å². The molecular formula is C23H17FN4O2S2. The van der Waals surface area contributed by atoms with E-state index < -0.39 is 5.82 Å². The molecule has 2 heterocycles. The van der Waals surface area contributed by atoms with Gasteiger partial charge in [0.2, 0.25) is 11.8 Å². The first-order chi connectivity index (χ1) is 15.5. The molecule has 2 amide bonds. The molecule has 0 fully saturated rings. The van der Waals surface area contributed by atoms with Crippen LogP contribution in [0.3, 0.4) is 0 Å². The standard InChI is InChI=1S/C23H17FN4O2S2/c1-15(29)28(20-10-6-5-9-18(20)24)23-25-17(13-32-23)11-12-21(30)27-22-26-19(14-31-22)16-7-3-2-4-8-16/h2-14H,1H3,(H,26,27,30)/b12-11+. The van der Waals surface area contributed by atoms with Crippen LogP contribution in [-0.2, 0) is 9.59 Å². The van der Waals surface area contributed by atoms with Crippen LogP contribution in [0.4, 0.5) is 20.3 Å². The van der Waals surface area contributed by atoms with Crippen molar-refractivity contribution in [2.45, 2.75) is 6.92 Å². The Labute approximate surface area is 191 Å². The smallest absolute Gasteiger partial charge is 0.250 e. The lowest BCUT2D eigenvalue weighted by Gasteiger charge is -2.18. The van der Waals surface area contributed by atoms with Gasteiger partial charge in [0.25, 0.3) is 0 Å². The van der Waals surface area contributed by atoms with Crippen LogP contribution in [0.1, 0.15) is 12.6 Å². The maximum atomic E-state index is 14.2. The summed E-state index contributed by atoms with van der Waals surface area (Å²) >= 11 is 2.51. The molecule has 0 spiro atoms. The molecule has 1 N–H and O–H groups in total. The second-order valence-electron chi connectivity index (χ2n) is 6.59. The third-order valence-electron chi connectivity index (χ3n) is 4.32. The molecule has 0 atom stereocenters. The zero-order valence-corrected chi connectivity index (χ0v) is 18.5. The van der Waals surface area contributed by atoms with Gasteiger partial charge in [-0.1, -0.05) is 42.5 Å². The minimum atomic E-state index is -0.521. The highest BCUT2D eigenvalue weighted by Gasteiger charge is 2.20. The van der Waals surface area contributed by atoms with E-state index in [1.54, 1.807) is 17.5 Å². The topological polar surface area (TPSA) is 75.2 Å². The van der Waals surface area contributed by atoms with Gasteiger partial charge in [0.05, 0.1) is 17.1 Å². The Kier molecular flexibility index (Phi) is 6.48. The molecule has 0 bridgehead atoms. The van der Waals surface area contributed by atoms with Crippen molar-refractivity contribution >= 4 is 56.5 Å². The Balaban J connectivity index is 1.44. The number of nitrogens with zero attached hydrogens (tertiary/aromatic N) is 3. The maximum absolute atomic E-state index is 14.2. The summed E-state index contributed by atoms with van der Waals surface area (Å²) in [6, 6.07) is 15.7. The van der Waals surface area contributed by atoms with Gasteiger partial charge in [-0.2, -0.15) is 0 Å². The number of nitrogens with one attached hydrogen (secondary N) is 1. The Morgan fingerprint density at radius 3 is 2.50 bits per heavy atom. The lowest BCUT2D eigenvalue weighted by molar-refractivity contribution is -0.116. The van der Waals surface area contributed by atoms with Crippen molar-refractivity contribution in [3.63, 3.8) is 0 Å². The van der Waals surface area contributed by atoms with Gasteiger partial charge in [0.15, 0.2) is 10.3 Å². The third kappa shape index (κ3) is 4.96. The van der Waals surface area contributed by atoms with E-state index in [2.05, 4.69) is 15.3 Å². The highest BCUT2D eigenvalue weighted by molar-refractivity contribution is 7.14. The van der Waals surface area contributed by atoms with Crippen LogP contribution in [0.2, 0.25) is 0 Å². The average Bonchev–Trinajstić information content (AvgIpc) is 3.44. The van der Waals surface area contributed by atoms with Crippen LogP contribution in [0.15, 0.2) is 71.4 Å². The number of aromatic nitrogens is 2. The zero-order valence-electron chi connectivity index (χ0n) is 16.9. The summed E-state index contributed by atoms with van der Waals surface area (Å²) < 4.78 is 14.2. The number of carbonyl (C=O) groups excluding carboxylic acids is 2. The molecule has 0 aliphatic carbocycles. The van der Waals surface area contributed by atoms with Gasteiger partial charge in [-0.15, -0.1) is 22.7 Å². The van der Waals surface area contributed by atoms with E-state index in [9.17, 15) is 14.0 Å². The summed E-state index contributed by atoms with van der Waals surface area (Å²) in [6.07, 6.45) is 2.87. The Hall–Kier alpha value is -3.69. The van der Waals surface area contributed by atoms with Crippen LogP contribution in [0.25, 0.3) is 17.3 Å². The summed E-state index contributed by atoms with van der Waals surface area (Å²) in [5, 5.41) is 7.09. The van der Waals surface area contributed by atoms with Crippen LogP contribution < -0.4 is 10.2 Å². The first-order valence-corrected chi connectivity index (χ1v) is 11.3. The second kappa shape index (κ2) is 9.63.